The smallest absolute Gasteiger partial charge is 0.404 e. The van der Waals surface area contributed by atoms with Gasteiger partial charge in [-0.2, -0.15) is 0 Å². The van der Waals surface area contributed by atoms with Crippen LogP contribution >= 0.6 is 0 Å². The van der Waals surface area contributed by atoms with Gasteiger partial charge in [-0.05, 0) is 12.1 Å². The van der Waals surface area contributed by atoms with Gasteiger partial charge < -0.3 is 20.6 Å². The molecule has 7 heteroatoms. The minimum absolute atomic E-state index is 0.00198. The zero-order chi connectivity index (χ0) is 12.1. The summed E-state index contributed by atoms with van der Waals surface area (Å²) in [5.41, 5.74) is 0.209. The Bertz CT molecular complexity index is 389. The molecule has 16 heavy (non-hydrogen) atoms. The first-order valence-electron chi connectivity index (χ1n) is 4.35. The lowest BCUT2D eigenvalue weighted by Gasteiger charge is -2.09. The number of nitrogens with zero attached hydrogens (tertiary/aromatic N) is 1. The molecule has 0 saturated carbocycles. The molecular weight excluding hydrogens is 216 g/mol. The molecule has 4 N–H and O–H groups in total. The van der Waals surface area contributed by atoms with Crippen molar-refractivity contribution in [2.24, 2.45) is 0 Å². The maximum atomic E-state index is 10.5. The second kappa shape index (κ2) is 5.08. The van der Waals surface area contributed by atoms with Crippen molar-refractivity contribution in [1.29, 1.82) is 0 Å². The van der Waals surface area contributed by atoms with E-state index in [4.69, 9.17) is 10.2 Å². The fourth-order valence-corrected chi connectivity index (χ4v) is 1.02. The molecule has 1 heterocycles. The van der Waals surface area contributed by atoms with Crippen LogP contribution in [0.5, 0.6) is 0 Å². The molecular formula is C9H10N2O5. The first kappa shape index (κ1) is 11.9. The fourth-order valence-electron chi connectivity index (χ4n) is 1.02. The van der Waals surface area contributed by atoms with Crippen LogP contribution in [0, 0.1) is 0 Å². The highest BCUT2D eigenvalue weighted by Crippen LogP contribution is 2.09. The molecule has 1 amide bonds. The highest BCUT2D eigenvalue weighted by molar-refractivity contribution is 5.87. The molecule has 1 aromatic rings. The number of hydrogen-bond donors (Lipinski definition) is 4. The van der Waals surface area contributed by atoms with Crippen LogP contribution in [0.4, 0.5) is 4.79 Å². The number of amides is 1. The number of carboxylic acid groups (broad SMARTS) is 2. The van der Waals surface area contributed by atoms with Gasteiger partial charge in [0.25, 0.3) is 0 Å². The predicted octanol–water partition coefficient (Wildman–Crippen LogP) is 0.0808. The number of nitrogens with one attached hydrogen (secondary N) is 1. The Balaban J connectivity index is 2.66. The van der Waals surface area contributed by atoms with E-state index in [0.29, 0.717) is 0 Å². The number of aliphatic hydroxyl groups is 1. The van der Waals surface area contributed by atoms with Crippen molar-refractivity contribution in [2.45, 2.75) is 6.10 Å². The van der Waals surface area contributed by atoms with Gasteiger partial charge in [-0.15, -0.1) is 0 Å². The van der Waals surface area contributed by atoms with Crippen molar-refractivity contribution < 1.29 is 24.9 Å². The van der Waals surface area contributed by atoms with E-state index in [-0.39, 0.29) is 17.8 Å². The van der Waals surface area contributed by atoms with E-state index in [1.165, 1.54) is 12.1 Å². The summed E-state index contributed by atoms with van der Waals surface area (Å²) in [4.78, 5) is 24.4. The molecule has 7 nitrogen and oxygen atoms in total. The zero-order valence-corrected chi connectivity index (χ0v) is 8.12. The number of aliphatic hydroxyl groups excluding tert-OH is 1. The highest BCUT2D eigenvalue weighted by Gasteiger charge is 2.11. The Morgan fingerprint density at radius 1 is 1.38 bits per heavy atom. The van der Waals surface area contributed by atoms with E-state index in [1.807, 2.05) is 5.32 Å². The first-order valence-corrected chi connectivity index (χ1v) is 4.35. The molecule has 0 spiro atoms. The second-order valence-electron chi connectivity index (χ2n) is 2.98. The van der Waals surface area contributed by atoms with Crippen LogP contribution in [0.15, 0.2) is 18.3 Å². The summed E-state index contributed by atoms with van der Waals surface area (Å²) >= 11 is 0. The third-order valence-corrected chi connectivity index (χ3v) is 1.82. The Kier molecular flexibility index (Phi) is 3.78. The summed E-state index contributed by atoms with van der Waals surface area (Å²) in [6, 6.07) is 2.62. The van der Waals surface area contributed by atoms with Crippen molar-refractivity contribution >= 4 is 12.1 Å². The lowest BCUT2D eigenvalue weighted by atomic mass is 10.2. The van der Waals surface area contributed by atoms with Crippen molar-refractivity contribution in [3.8, 4) is 0 Å². The molecule has 0 radical (unpaired) electrons. The van der Waals surface area contributed by atoms with E-state index < -0.39 is 18.2 Å². The highest BCUT2D eigenvalue weighted by atomic mass is 16.4. The molecule has 0 aliphatic rings. The Labute approximate surface area is 90.4 Å². The quantitative estimate of drug-likeness (QED) is 0.577. The van der Waals surface area contributed by atoms with E-state index in [0.717, 1.165) is 6.20 Å². The van der Waals surface area contributed by atoms with Gasteiger partial charge in [-0.25, -0.2) is 9.59 Å². The van der Waals surface area contributed by atoms with E-state index >= 15 is 0 Å². The zero-order valence-electron chi connectivity index (χ0n) is 8.12. The minimum atomic E-state index is -1.25. The Morgan fingerprint density at radius 2 is 2.06 bits per heavy atom. The number of aromatic carboxylic acids is 1. The summed E-state index contributed by atoms with van der Waals surface area (Å²) < 4.78 is 0. The van der Waals surface area contributed by atoms with Crippen molar-refractivity contribution in [3.05, 3.63) is 29.6 Å². The minimum Gasteiger partial charge on any atom is -0.478 e. The summed E-state index contributed by atoms with van der Waals surface area (Å²) in [5, 5.41) is 28.4. The van der Waals surface area contributed by atoms with Crippen molar-refractivity contribution in [3.63, 3.8) is 0 Å². The van der Waals surface area contributed by atoms with Gasteiger partial charge in [0.05, 0.1) is 17.8 Å². The Hall–Kier alpha value is -2.15. The van der Waals surface area contributed by atoms with Gasteiger partial charge in [0.1, 0.15) is 6.10 Å². The molecule has 1 aromatic heterocycles. The van der Waals surface area contributed by atoms with Gasteiger partial charge in [0, 0.05) is 6.20 Å². The number of carbonyl (C=O) groups is 2. The number of rotatable bonds is 4. The van der Waals surface area contributed by atoms with Gasteiger partial charge >= 0.3 is 12.1 Å². The van der Waals surface area contributed by atoms with E-state index in [9.17, 15) is 14.7 Å². The van der Waals surface area contributed by atoms with Crippen LogP contribution in [0.2, 0.25) is 0 Å². The second-order valence-corrected chi connectivity index (χ2v) is 2.98. The van der Waals surface area contributed by atoms with Crippen molar-refractivity contribution in [2.75, 3.05) is 6.54 Å². The molecule has 0 aromatic carbocycles. The third kappa shape index (κ3) is 3.21. The number of aromatic nitrogens is 1. The molecule has 0 aliphatic carbocycles. The Morgan fingerprint density at radius 3 is 2.50 bits per heavy atom. The summed E-state index contributed by atoms with van der Waals surface area (Å²) in [6.07, 6.45) is -1.25. The van der Waals surface area contributed by atoms with Crippen LogP contribution in [0.1, 0.15) is 22.2 Å². The summed E-state index contributed by atoms with van der Waals surface area (Å²) in [7, 11) is 0. The molecule has 86 valence electrons. The van der Waals surface area contributed by atoms with E-state index in [1.54, 1.807) is 0 Å². The monoisotopic (exact) mass is 226 g/mol. The standard InChI is InChI=1S/C9H10N2O5/c12-7(4-11-9(15)16)6-2-1-5(3-10-6)8(13)14/h1-3,7,11-12H,4H2,(H,13,14)(H,15,16). The first-order chi connectivity index (χ1) is 7.50. The molecule has 0 bridgehead atoms. The average Bonchev–Trinajstić information content (AvgIpc) is 2.26. The van der Waals surface area contributed by atoms with Crippen molar-refractivity contribution in [1.82, 2.24) is 10.3 Å². The molecule has 0 saturated heterocycles. The van der Waals surface area contributed by atoms with Crippen LogP contribution in [-0.4, -0.2) is 38.9 Å². The van der Waals surface area contributed by atoms with Crippen LogP contribution in [0.25, 0.3) is 0 Å². The molecule has 0 aliphatic heterocycles. The molecule has 1 unspecified atom stereocenters. The molecule has 1 rings (SSSR count). The number of pyridine rings is 1. The van der Waals surface area contributed by atoms with Crippen LogP contribution < -0.4 is 5.32 Å². The summed E-state index contributed by atoms with van der Waals surface area (Å²) in [5.74, 6) is -1.11. The average molecular weight is 226 g/mol. The lowest BCUT2D eigenvalue weighted by molar-refractivity contribution is 0.0696. The molecule has 0 fully saturated rings. The van der Waals surface area contributed by atoms with Crippen LogP contribution in [0.3, 0.4) is 0 Å². The maximum absolute atomic E-state index is 10.5. The lowest BCUT2D eigenvalue weighted by Crippen LogP contribution is -2.26. The molecule has 1 atom stereocenters. The predicted molar refractivity (Wildman–Crippen MR) is 52.2 cm³/mol. The van der Waals surface area contributed by atoms with E-state index in [2.05, 4.69) is 4.98 Å². The summed E-state index contributed by atoms with van der Waals surface area (Å²) in [6.45, 7) is -0.200. The topological polar surface area (TPSA) is 120 Å². The van der Waals surface area contributed by atoms with Gasteiger partial charge in [0.2, 0.25) is 0 Å². The van der Waals surface area contributed by atoms with Gasteiger partial charge in [-0.3, -0.25) is 4.98 Å². The van der Waals surface area contributed by atoms with Gasteiger partial charge in [-0.1, -0.05) is 0 Å². The third-order valence-electron chi connectivity index (χ3n) is 1.82. The normalized spacial score (nSPS) is 11.8. The SMILES string of the molecule is O=C(O)NCC(O)c1ccc(C(=O)O)cn1. The fraction of sp³-hybridized carbons (Fsp3) is 0.222. The number of hydrogen-bond acceptors (Lipinski definition) is 4. The largest absolute Gasteiger partial charge is 0.478 e. The van der Waals surface area contributed by atoms with Gasteiger partial charge in [0.15, 0.2) is 0 Å². The number of carboxylic acids is 1. The van der Waals surface area contributed by atoms with Crippen LogP contribution in [-0.2, 0) is 0 Å². The maximum Gasteiger partial charge on any atom is 0.404 e.